The van der Waals surface area contributed by atoms with Gasteiger partial charge in [-0.25, -0.2) is 4.39 Å². The van der Waals surface area contributed by atoms with E-state index in [0.29, 0.717) is 12.1 Å². The topological polar surface area (TPSA) is 64.3 Å². The second kappa shape index (κ2) is 7.79. The second-order valence-corrected chi connectivity index (χ2v) is 4.85. The summed E-state index contributed by atoms with van der Waals surface area (Å²) in [5.74, 6) is -0.858. The first-order chi connectivity index (χ1) is 9.45. The van der Waals surface area contributed by atoms with Gasteiger partial charge in [0.05, 0.1) is 0 Å². The highest BCUT2D eigenvalue weighted by Crippen LogP contribution is 2.19. The summed E-state index contributed by atoms with van der Waals surface area (Å²) < 4.78 is 19.1. The molecule has 20 heavy (non-hydrogen) atoms. The smallest absolute Gasteiger partial charge is 0.260 e. The van der Waals surface area contributed by atoms with Crippen molar-refractivity contribution in [1.29, 1.82) is 0 Å². The molecule has 0 bridgehead atoms. The van der Waals surface area contributed by atoms with Gasteiger partial charge < -0.3 is 15.8 Å². The van der Waals surface area contributed by atoms with Crippen LogP contribution in [-0.4, -0.2) is 23.5 Å². The lowest BCUT2D eigenvalue weighted by Crippen LogP contribution is -2.36. The molecule has 1 rings (SSSR count). The molecular formula is C14H19FN2O2S. The molecule has 6 heteroatoms. The van der Waals surface area contributed by atoms with Gasteiger partial charge in [0.1, 0.15) is 4.99 Å². The number of hydrogen-bond acceptors (Lipinski definition) is 3. The predicted octanol–water partition coefficient (Wildman–Crippen LogP) is 2.14. The van der Waals surface area contributed by atoms with E-state index in [0.717, 1.165) is 12.8 Å². The van der Waals surface area contributed by atoms with Crippen LogP contribution in [0.2, 0.25) is 0 Å². The molecule has 0 fully saturated rings. The van der Waals surface area contributed by atoms with Crippen LogP contribution in [-0.2, 0) is 4.79 Å². The van der Waals surface area contributed by atoms with Gasteiger partial charge >= 0.3 is 0 Å². The van der Waals surface area contributed by atoms with Crippen molar-refractivity contribution in [1.82, 2.24) is 5.32 Å². The zero-order valence-electron chi connectivity index (χ0n) is 11.6. The van der Waals surface area contributed by atoms with Crippen LogP contribution in [0.4, 0.5) is 4.39 Å². The number of hydrogen-bond donors (Lipinski definition) is 2. The Morgan fingerprint density at radius 1 is 1.55 bits per heavy atom. The van der Waals surface area contributed by atoms with Gasteiger partial charge in [0, 0.05) is 12.1 Å². The summed E-state index contributed by atoms with van der Waals surface area (Å²) in [6, 6.07) is 4.17. The molecule has 0 heterocycles. The maximum atomic E-state index is 13.8. The van der Waals surface area contributed by atoms with Gasteiger partial charge in [-0.05, 0) is 31.5 Å². The fraction of sp³-hybridized carbons (Fsp3) is 0.429. The molecular weight excluding hydrogens is 279 g/mol. The largest absolute Gasteiger partial charge is 0.478 e. The summed E-state index contributed by atoms with van der Waals surface area (Å²) in [6.07, 6.45) is 1.12. The first kappa shape index (κ1) is 16.4. The lowest BCUT2D eigenvalue weighted by atomic mass is 10.2. The molecule has 4 nitrogen and oxygen atoms in total. The number of carbonyl (C=O) groups excluding carboxylic acids is 1. The number of carbonyl (C=O) groups is 1. The maximum absolute atomic E-state index is 13.8. The van der Waals surface area contributed by atoms with E-state index in [1.165, 1.54) is 12.1 Å². The van der Waals surface area contributed by atoms with Crippen molar-refractivity contribution < 1.29 is 13.9 Å². The minimum Gasteiger partial charge on any atom is -0.478 e. The first-order valence-electron chi connectivity index (χ1n) is 6.49. The van der Waals surface area contributed by atoms with Crippen molar-refractivity contribution in [2.45, 2.75) is 32.8 Å². The minimum absolute atomic E-state index is 0.00291. The van der Waals surface area contributed by atoms with E-state index in [1.807, 2.05) is 6.92 Å². The minimum atomic E-state index is -0.767. The van der Waals surface area contributed by atoms with Gasteiger partial charge in [0.2, 0.25) is 0 Å². The third-order valence-corrected chi connectivity index (χ3v) is 2.95. The van der Waals surface area contributed by atoms with Gasteiger partial charge in [0.25, 0.3) is 5.91 Å². The van der Waals surface area contributed by atoms with Gasteiger partial charge in [-0.3, -0.25) is 4.79 Å². The van der Waals surface area contributed by atoms with Gasteiger partial charge in [0.15, 0.2) is 17.7 Å². The van der Waals surface area contributed by atoms with Crippen LogP contribution in [0.3, 0.4) is 0 Å². The van der Waals surface area contributed by atoms with Crippen LogP contribution in [0.5, 0.6) is 5.75 Å². The lowest BCUT2D eigenvalue weighted by molar-refractivity contribution is -0.127. The van der Waals surface area contributed by atoms with Crippen molar-refractivity contribution >= 4 is 23.1 Å². The first-order valence-corrected chi connectivity index (χ1v) is 6.90. The van der Waals surface area contributed by atoms with Crippen LogP contribution >= 0.6 is 12.2 Å². The highest BCUT2D eigenvalue weighted by Gasteiger charge is 2.16. The second-order valence-electron chi connectivity index (χ2n) is 4.41. The number of ether oxygens (including phenoxy) is 1. The van der Waals surface area contributed by atoms with Crippen molar-refractivity contribution in [3.05, 3.63) is 29.6 Å². The van der Waals surface area contributed by atoms with E-state index < -0.39 is 11.9 Å². The molecule has 0 radical (unpaired) electrons. The molecule has 1 aromatic rings. The predicted molar refractivity (Wildman–Crippen MR) is 80.3 cm³/mol. The van der Waals surface area contributed by atoms with Crippen molar-refractivity contribution in [2.24, 2.45) is 5.73 Å². The molecule has 0 aromatic heterocycles. The molecule has 0 saturated heterocycles. The van der Waals surface area contributed by atoms with E-state index in [2.05, 4.69) is 5.32 Å². The Morgan fingerprint density at radius 3 is 2.80 bits per heavy atom. The lowest BCUT2D eigenvalue weighted by Gasteiger charge is -2.15. The Kier molecular flexibility index (Phi) is 6.38. The Labute approximate surface area is 123 Å². The van der Waals surface area contributed by atoms with Crippen LogP contribution < -0.4 is 15.8 Å². The number of rotatable bonds is 7. The van der Waals surface area contributed by atoms with Crippen LogP contribution in [0.25, 0.3) is 0 Å². The standard InChI is InChI=1S/C14H19FN2O2S/c1-3-4-7-17-14(18)9(2)19-12-6-5-10(13(16)20)8-11(12)15/h5-6,8-9H,3-4,7H2,1-2H3,(H2,16,20)(H,17,18). The Bertz CT molecular complexity index is 494. The normalized spacial score (nSPS) is 11.8. The average molecular weight is 298 g/mol. The SMILES string of the molecule is CCCCNC(=O)C(C)Oc1ccc(C(N)=S)cc1F. The summed E-state index contributed by atoms with van der Waals surface area (Å²) >= 11 is 4.76. The number of thiocarbonyl (C=S) groups is 1. The van der Waals surface area contributed by atoms with E-state index in [9.17, 15) is 9.18 Å². The Balaban J connectivity index is 2.63. The highest BCUT2D eigenvalue weighted by atomic mass is 32.1. The molecule has 0 aliphatic heterocycles. The van der Waals surface area contributed by atoms with Crippen molar-refractivity contribution in [2.75, 3.05) is 6.54 Å². The third-order valence-electron chi connectivity index (χ3n) is 2.72. The molecule has 0 spiro atoms. The number of unbranched alkanes of at least 4 members (excludes halogenated alkanes) is 1. The fourth-order valence-corrected chi connectivity index (χ4v) is 1.65. The zero-order chi connectivity index (χ0) is 15.1. The summed E-state index contributed by atoms with van der Waals surface area (Å²) in [4.78, 5) is 11.8. The molecule has 3 N–H and O–H groups in total. The summed E-state index contributed by atoms with van der Waals surface area (Å²) in [6.45, 7) is 4.19. The molecule has 1 aromatic carbocycles. The van der Waals surface area contributed by atoms with Crippen LogP contribution in [0.15, 0.2) is 18.2 Å². The Hall–Kier alpha value is -1.69. The van der Waals surface area contributed by atoms with E-state index in [-0.39, 0.29) is 16.6 Å². The van der Waals surface area contributed by atoms with Gasteiger partial charge in [-0.1, -0.05) is 25.6 Å². The Morgan fingerprint density at radius 2 is 2.25 bits per heavy atom. The number of benzene rings is 1. The van der Waals surface area contributed by atoms with Gasteiger partial charge in [-0.2, -0.15) is 0 Å². The highest BCUT2D eigenvalue weighted by molar-refractivity contribution is 7.80. The van der Waals surface area contributed by atoms with E-state index >= 15 is 0 Å². The molecule has 0 aliphatic rings. The fourth-order valence-electron chi connectivity index (χ4n) is 1.53. The number of halogens is 1. The third kappa shape index (κ3) is 4.77. The summed E-state index contributed by atoms with van der Waals surface area (Å²) in [7, 11) is 0. The molecule has 0 aliphatic carbocycles. The molecule has 1 amide bonds. The van der Waals surface area contributed by atoms with Gasteiger partial charge in [-0.15, -0.1) is 0 Å². The van der Waals surface area contributed by atoms with Crippen molar-refractivity contribution in [3.8, 4) is 5.75 Å². The maximum Gasteiger partial charge on any atom is 0.260 e. The average Bonchev–Trinajstić information content (AvgIpc) is 2.40. The van der Waals surface area contributed by atoms with Crippen LogP contribution in [0, 0.1) is 5.82 Å². The van der Waals surface area contributed by atoms with Crippen LogP contribution in [0.1, 0.15) is 32.3 Å². The molecule has 0 saturated carbocycles. The number of nitrogens with one attached hydrogen (secondary N) is 1. The van der Waals surface area contributed by atoms with Crippen molar-refractivity contribution in [3.63, 3.8) is 0 Å². The summed E-state index contributed by atoms with van der Waals surface area (Å²) in [5.41, 5.74) is 5.83. The quantitative estimate of drug-likeness (QED) is 0.598. The zero-order valence-corrected chi connectivity index (χ0v) is 12.4. The number of nitrogens with two attached hydrogens (primary N) is 1. The monoisotopic (exact) mass is 298 g/mol. The molecule has 110 valence electrons. The number of amides is 1. The molecule has 1 unspecified atom stereocenters. The molecule has 1 atom stereocenters. The summed E-state index contributed by atoms with van der Waals surface area (Å²) in [5, 5.41) is 2.73. The van der Waals surface area contributed by atoms with E-state index in [4.69, 9.17) is 22.7 Å². The van der Waals surface area contributed by atoms with E-state index in [1.54, 1.807) is 13.0 Å².